The molecular weight excluding hydrogens is 302 g/mol. The lowest BCUT2D eigenvalue weighted by molar-refractivity contribution is -0.146. The van der Waals surface area contributed by atoms with Gasteiger partial charge in [0.2, 0.25) is 0 Å². The van der Waals surface area contributed by atoms with Crippen LogP contribution in [0.3, 0.4) is 0 Å². The van der Waals surface area contributed by atoms with Gasteiger partial charge in [-0.15, -0.1) is 0 Å². The average Bonchev–Trinajstić information content (AvgIpc) is 2.54. The van der Waals surface area contributed by atoms with E-state index in [1.165, 1.54) is 0 Å². The fraction of sp³-hybridized carbons (Fsp3) is 0.350. The van der Waals surface area contributed by atoms with Crippen LogP contribution in [-0.4, -0.2) is 17.6 Å². The summed E-state index contributed by atoms with van der Waals surface area (Å²) in [6, 6.07) is 16.5. The van der Waals surface area contributed by atoms with E-state index in [1.54, 1.807) is 0 Å². The van der Waals surface area contributed by atoms with Gasteiger partial charge in [0.15, 0.2) is 0 Å². The maximum Gasteiger partial charge on any atom is 0.323 e. The Morgan fingerprint density at radius 3 is 2.21 bits per heavy atom. The number of carbonyl (C=O) groups is 1. The smallest absolute Gasteiger partial charge is 0.323 e. The van der Waals surface area contributed by atoms with Crippen molar-refractivity contribution in [2.75, 3.05) is 0 Å². The second-order valence-corrected chi connectivity index (χ2v) is 6.76. The van der Waals surface area contributed by atoms with Crippen LogP contribution in [-0.2, 0) is 22.6 Å². The monoisotopic (exact) mass is 327 g/mol. The lowest BCUT2D eigenvalue weighted by Crippen LogP contribution is -2.34. The third-order valence-electron chi connectivity index (χ3n) is 3.33. The fourth-order valence-electron chi connectivity index (χ4n) is 2.22. The van der Waals surface area contributed by atoms with E-state index >= 15 is 0 Å². The molecule has 0 amide bonds. The molecule has 24 heavy (non-hydrogen) atoms. The van der Waals surface area contributed by atoms with Crippen molar-refractivity contribution in [1.82, 2.24) is 0 Å². The summed E-state index contributed by atoms with van der Waals surface area (Å²) in [5.74, 6) is 0.403. The number of ether oxygens (including phenoxy) is 2. The van der Waals surface area contributed by atoms with Crippen LogP contribution in [0.5, 0.6) is 5.75 Å². The minimum absolute atomic E-state index is 0.237. The molecule has 0 saturated carbocycles. The molecule has 0 bridgehead atoms. The molecule has 0 aliphatic heterocycles. The summed E-state index contributed by atoms with van der Waals surface area (Å²) in [6.45, 7) is 6.24. The second kappa shape index (κ2) is 7.97. The van der Waals surface area contributed by atoms with Gasteiger partial charge in [-0.3, -0.25) is 4.79 Å². The van der Waals surface area contributed by atoms with Crippen LogP contribution in [0.2, 0.25) is 0 Å². The normalized spacial score (nSPS) is 12.5. The Morgan fingerprint density at radius 2 is 1.62 bits per heavy atom. The Labute approximate surface area is 143 Å². The fourth-order valence-corrected chi connectivity index (χ4v) is 2.22. The van der Waals surface area contributed by atoms with Gasteiger partial charge in [0.05, 0.1) is 0 Å². The Hall–Kier alpha value is -2.33. The minimum Gasteiger partial charge on any atom is -0.488 e. The summed E-state index contributed by atoms with van der Waals surface area (Å²) >= 11 is 0. The second-order valence-electron chi connectivity index (χ2n) is 6.76. The molecule has 0 unspecified atom stereocenters. The van der Waals surface area contributed by atoms with Crippen LogP contribution in [0.25, 0.3) is 0 Å². The molecule has 4 nitrogen and oxygen atoms in total. The van der Waals surface area contributed by atoms with Crippen LogP contribution in [0, 0.1) is 0 Å². The summed E-state index contributed by atoms with van der Waals surface area (Å²) < 4.78 is 11.0. The van der Waals surface area contributed by atoms with Gasteiger partial charge in [0.25, 0.3) is 0 Å². The van der Waals surface area contributed by atoms with Crippen molar-refractivity contribution in [3.63, 3.8) is 0 Å². The number of nitrogens with two attached hydrogens (primary N) is 1. The molecule has 4 heteroatoms. The van der Waals surface area contributed by atoms with Gasteiger partial charge in [-0.05, 0) is 50.5 Å². The van der Waals surface area contributed by atoms with Crippen molar-refractivity contribution < 1.29 is 14.3 Å². The highest BCUT2D eigenvalue weighted by Crippen LogP contribution is 2.19. The number of benzene rings is 2. The first kappa shape index (κ1) is 18.0. The summed E-state index contributed by atoms with van der Waals surface area (Å²) in [7, 11) is 0. The molecule has 0 radical (unpaired) electrons. The third-order valence-corrected chi connectivity index (χ3v) is 3.33. The summed E-state index contributed by atoms with van der Waals surface area (Å²) in [5, 5.41) is 0. The molecule has 0 aliphatic rings. The molecule has 128 valence electrons. The third kappa shape index (κ3) is 6.05. The molecule has 0 fully saturated rings. The highest BCUT2D eigenvalue weighted by atomic mass is 16.5. The van der Waals surface area contributed by atoms with Gasteiger partial charge in [0.1, 0.15) is 24.0 Å². The van der Waals surface area contributed by atoms with Crippen molar-refractivity contribution in [1.29, 1.82) is 0 Å². The Morgan fingerprint density at radius 1 is 1.00 bits per heavy atom. The van der Waals surface area contributed by atoms with Crippen LogP contribution in [0.15, 0.2) is 54.6 Å². The van der Waals surface area contributed by atoms with Gasteiger partial charge < -0.3 is 15.2 Å². The largest absolute Gasteiger partial charge is 0.488 e. The molecule has 2 aromatic rings. The molecule has 2 rings (SSSR count). The minimum atomic E-state index is -0.678. The van der Waals surface area contributed by atoms with Gasteiger partial charge in [-0.25, -0.2) is 0 Å². The van der Waals surface area contributed by atoms with Crippen molar-refractivity contribution >= 4 is 5.97 Å². The van der Waals surface area contributed by atoms with Crippen LogP contribution in [0.1, 0.15) is 31.9 Å². The highest BCUT2D eigenvalue weighted by Gasteiger charge is 2.16. The quantitative estimate of drug-likeness (QED) is 0.825. The molecule has 0 spiro atoms. The van der Waals surface area contributed by atoms with Crippen molar-refractivity contribution in [2.45, 2.75) is 45.4 Å². The van der Waals surface area contributed by atoms with E-state index < -0.39 is 12.0 Å². The number of carbonyl (C=O) groups excluding carboxylic acids is 1. The van der Waals surface area contributed by atoms with Crippen molar-refractivity contribution in [3.8, 4) is 5.75 Å². The number of hydrogen-bond donors (Lipinski definition) is 1. The first-order chi connectivity index (χ1) is 11.3. The molecular formula is C20H25NO3. The number of hydrogen-bond acceptors (Lipinski definition) is 4. The lowest BCUT2D eigenvalue weighted by Gasteiger charge is -2.21. The molecule has 0 aliphatic carbocycles. The van der Waals surface area contributed by atoms with E-state index in [4.69, 9.17) is 15.2 Å². The first-order valence-corrected chi connectivity index (χ1v) is 8.07. The zero-order valence-corrected chi connectivity index (χ0v) is 14.5. The summed E-state index contributed by atoms with van der Waals surface area (Å²) in [6.07, 6.45) is 0.434. The molecule has 0 aromatic heterocycles. The van der Waals surface area contributed by atoms with E-state index in [9.17, 15) is 4.79 Å². The maximum atomic E-state index is 12.0. The summed E-state index contributed by atoms with van der Waals surface area (Å²) in [5.41, 5.74) is 7.63. The SMILES string of the molecule is CC(C)(C)Oc1ccc(C[C@H](N)C(=O)OCc2ccccc2)cc1. The topological polar surface area (TPSA) is 61.5 Å². The standard InChI is InChI=1S/C20H25NO3/c1-20(2,3)24-17-11-9-15(10-12-17)13-18(21)19(22)23-14-16-7-5-4-6-8-16/h4-12,18H,13-14,21H2,1-3H3/t18-/m0/s1. The van der Waals surface area contributed by atoms with Crippen LogP contribution in [0.4, 0.5) is 0 Å². The van der Waals surface area contributed by atoms with Gasteiger partial charge in [0, 0.05) is 0 Å². The van der Waals surface area contributed by atoms with E-state index in [-0.39, 0.29) is 12.2 Å². The van der Waals surface area contributed by atoms with Crippen molar-refractivity contribution in [3.05, 3.63) is 65.7 Å². The highest BCUT2D eigenvalue weighted by molar-refractivity contribution is 5.75. The molecule has 2 N–H and O–H groups in total. The number of rotatable bonds is 6. The molecule has 2 aromatic carbocycles. The van der Waals surface area contributed by atoms with Crippen LogP contribution >= 0.6 is 0 Å². The van der Waals surface area contributed by atoms with E-state index in [0.29, 0.717) is 6.42 Å². The summed E-state index contributed by atoms with van der Waals surface area (Å²) in [4.78, 5) is 12.0. The van der Waals surface area contributed by atoms with Crippen LogP contribution < -0.4 is 10.5 Å². The molecule has 0 heterocycles. The predicted octanol–water partition coefficient (Wildman–Crippen LogP) is 3.48. The van der Waals surface area contributed by atoms with E-state index in [0.717, 1.165) is 16.9 Å². The van der Waals surface area contributed by atoms with Crippen molar-refractivity contribution in [2.24, 2.45) is 5.73 Å². The molecule has 0 saturated heterocycles. The maximum absolute atomic E-state index is 12.0. The lowest BCUT2D eigenvalue weighted by atomic mass is 10.1. The van der Waals surface area contributed by atoms with Gasteiger partial charge in [-0.1, -0.05) is 42.5 Å². The van der Waals surface area contributed by atoms with E-state index in [1.807, 2.05) is 75.4 Å². The Balaban J connectivity index is 1.84. The first-order valence-electron chi connectivity index (χ1n) is 8.07. The zero-order valence-electron chi connectivity index (χ0n) is 14.5. The van der Waals surface area contributed by atoms with E-state index in [2.05, 4.69) is 0 Å². The Kier molecular flexibility index (Phi) is 5.99. The van der Waals surface area contributed by atoms with Gasteiger partial charge >= 0.3 is 5.97 Å². The molecule has 1 atom stereocenters. The number of esters is 1. The van der Waals surface area contributed by atoms with Gasteiger partial charge in [-0.2, -0.15) is 0 Å². The Bertz CT molecular complexity index is 645. The predicted molar refractivity (Wildman–Crippen MR) is 94.7 cm³/mol. The average molecular weight is 327 g/mol. The zero-order chi connectivity index (χ0) is 17.6.